The van der Waals surface area contributed by atoms with Crippen molar-refractivity contribution in [3.8, 4) is 0 Å². The summed E-state index contributed by atoms with van der Waals surface area (Å²) in [6.07, 6.45) is 1.36. The number of hydrogen-bond donors (Lipinski definition) is 1. The standard InChI is InChI=1S/C16H21BrN2O3/c1-2-22-16(21)12-6-8-19(9-7-12)15(20)11-18-14-5-3-4-13(17)10-14/h3-5,10,12,18H,2,6-9,11H2,1H3. The van der Waals surface area contributed by atoms with Crippen molar-refractivity contribution < 1.29 is 14.3 Å². The Balaban J connectivity index is 1.76. The second-order valence-corrected chi connectivity index (χ2v) is 6.19. The highest BCUT2D eigenvalue weighted by Gasteiger charge is 2.27. The normalized spacial score (nSPS) is 15.5. The molecular weight excluding hydrogens is 348 g/mol. The van der Waals surface area contributed by atoms with Crippen molar-refractivity contribution in [3.05, 3.63) is 28.7 Å². The van der Waals surface area contributed by atoms with E-state index in [1.54, 1.807) is 4.90 Å². The van der Waals surface area contributed by atoms with Crippen molar-refractivity contribution in [3.63, 3.8) is 0 Å². The lowest BCUT2D eigenvalue weighted by molar-refractivity contribution is -0.151. The molecule has 1 amide bonds. The van der Waals surface area contributed by atoms with Crippen LogP contribution in [0.4, 0.5) is 5.69 Å². The Morgan fingerprint density at radius 1 is 1.36 bits per heavy atom. The van der Waals surface area contributed by atoms with Gasteiger partial charge in [-0.15, -0.1) is 0 Å². The number of esters is 1. The Morgan fingerprint density at radius 2 is 2.09 bits per heavy atom. The van der Waals surface area contributed by atoms with Crippen LogP contribution in [-0.4, -0.2) is 43.0 Å². The van der Waals surface area contributed by atoms with E-state index >= 15 is 0 Å². The molecule has 0 radical (unpaired) electrons. The van der Waals surface area contributed by atoms with Gasteiger partial charge < -0.3 is 15.0 Å². The Morgan fingerprint density at radius 3 is 2.73 bits per heavy atom. The van der Waals surface area contributed by atoms with Gasteiger partial charge in [-0.2, -0.15) is 0 Å². The van der Waals surface area contributed by atoms with Crippen LogP contribution in [0.1, 0.15) is 19.8 Å². The molecule has 6 heteroatoms. The van der Waals surface area contributed by atoms with Gasteiger partial charge >= 0.3 is 5.97 Å². The molecular formula is C16H21BrN2O3. The average molecular weight is 369 g/mol. The van der Waals surface area contributed by atoms with Crippen molar-refractivity contribution in [2.75, 3.05) is 31.6 Å². The lowest BCUT2D eigenvalue weighted by Crippen LogP contribution is -2.43. The number of rotatable bonds is 5. The molecule has 1 fully saturated rings. The highest BCUT2D eigenvalue weighted by atomic mass is 79.9. The third kappa shape index (κ3) is 4.73. The highest BCUT2D eigenvalue weighted by molar-refractivity contribution is 9.10. The van der Waals surface area contributed by atoms with Crippen LogP contribution >= 0.6 is 15.9 Å². The van der Waals surface area contributed by atoms with Gasteiger partial charge in [0.05, 0.1) is 19.1 Å². The molecule has 1 saturated heterocycles. The number of nitrogens with zero attached hydrogens (tertiary/aromatic N) is 1. The Bertz CT molecular complexity index is 528. The third-order valence-corrected chi connectivity index (χ3v) is 4.23. The van der Waals surface area contributed by atoms with E-state index in [0.717, 1.165) is 10.2 Å². The summed E-state index contributed by atoms with van der Waals surface area (Å²) in [6, 6.07) is 7.71. The molecule has 1 N–H and O–H groups in total. The summed E-state index contributed by atoms with van der Waals surface area (Å²) >= 11 is 3.40. The van der Waals surface area contributed by atoms with Crippen LogP contribution in [-0.2, 0) is 14.3 Å². The Labute approximate surface area is 139 Å². The molecule has 5 nitrogen and oxygen atoms in total. The second-order valence-electron chi connectivity index (χ2n) is 5.27. The van der Waals surface area contributed by atoms with E-state index in [9.17, 15) is 9.59 Å². The van der Waals surface area contributed by atoms with Gasteiger partial charge in [0.2, 0.25) is 5.91 Å². The van der Waals surface area contributed by atoms with E-state index in [2.05, 4.69) is 21.2 Å². The molecule has 0 spiro atoms. The SMILES string of the molecule is CCOC(=O)C1CCN(C(=O)CNc2cccc(Br)c2)CC1. The average Bonchev–Trinajstić information content (AvgIpc) is 2.53. The maximum Gasteiger partial charge on any atom is 0.309 e. The zero-order chi connectivity index (χ0) is 15.9. The first-order chi connectivity index (χ1) is 10.6. The van der Waals surface area contributed by atoms with E-state index < -0.39 is 0 Å². The first kappa shape index (κ1) is 16.8. The van der Waals surface area contributed by atoms with Crippen LogP contribution in [0.3, 0.4) is 0 Å². The zero-order valence-electron chi connectivity index (χ0n) is 12.7. The quantitative estimate of drug-likeness (QED) is 0.811. The molecule has 2 rings (SSSR count). The summed E-state index contributed by atoms with van der Waals surface area (Å²) in [6.45, 7) is 3.71. The highest BCUT2D eigenvalue weighted by Crippen LogP contribution is 2.19. The van der Waals surface area contributed by atoms with E-state index in [1.807, 2.05) is 31.2 Å². The van der Waals surface area contributed by atoms with Crippen molar-refractivity contribution in [1.82, 2.24) is 4.90 Å². The molecule has 1 aromatic carbocycles. The minimum atomic E-state index is -0.137. The Kier molecular flexibility index (Phi) is 6.24. The van der Waals surface area contributed by atoms with Gasteiger partial charge in [-0.05, 0) is 38.0 Å². The van der Waals surface area contributed by atoms with E-state index in [4.69, 9.17) is 4.74 Å². The molecule has 0 aromatic heterocycles. The van der Waals surface area contributed by atoms with E-state index in [-0.39, 0.29) is 24.3 Å². The van der Waals surface area contributed by atoms with Crippen LogP contribution in [0.25, 0.3) is 0 Å². The topological polar surface area (TPSA) is 58.6 Å². The Hall–Kier alpha value is -1.56. The fourth-order valence-corrected chi connectivity index (χ4v) is 2.91. The molecule has 1 aromatic rings. The number of nitrogens with one attached hydrogen (secondary N) is 1. The van der Waals surface area contributed by atoms with Crippen LogP contribution in [0.15, 0.2) is 28.7 Å². The molecule has 0 bridgehead atoms. The number of piperidine rings is 1. The lowest BCUT2D eigenvalue weighted by Gasteiger charge is -2.31. The molecule has 22 heavy (non-hydrogen) atoms. The summed E-state index contributed by atoms with van der Waals surface area (Å²) in [7, 11) is 0. The van der Waals surface area contributed by atoms with Gasteiger partial charge in [0.1, 0.15) is 0 Å². The minimum absolute atomic E-state index is 0.0577. The number of carbonyl (C=O) groups is 2. The van der Waals surface area contributed by atoms with Gasteiger partial charge in [-0.25, -0.2) is 0 Å². The van der Waals surface area contributed by atoms with Crippen molar-refractivity contribution in [1.29, 1.82) is 0 Å². The molecule has 1 aliphatic heterocycles. The van der Waals surface area contributed by atoms with Crippen LogP contribution in [0.2, 0.25) is 0 Å². The van der Waals surface area contributed by atoms with E-state index in [1.165, 1.54) is 0 Å². The van der Waals surface area contributed by atoms with E-state index in [0.29, 0.717) is 32.5 Å². The number of anilines is 1. The van der Waals surface area contributed by atoms with Gasteiger partial charge in [0.25, 0.3) is 0 Å². The molecule has 0 aliphatic carbocycles. The first-order valence-corrected chi connectivity index (χ1v) is 8.33. The van der Waals surface area contributed by atoms with Crippen LogP contribution in [0.5, 0.6) is 0 Å². The molecule has 1 heterocycles. The molecule has 0 atom stereocenters. The molecule has 0 saturated carbocycles. The summed E-state index contributed by atoms with van der Waals surface area (Å²) in [5.74, 6) is -0.147. The largest absolute Gasteiger partial charge is 0.466 e. The number of likely N-dealkylation sites (tertiary alicyclic amines) is 1. The number of carbonyl (C=O) groups excluding carboxylic acids is 2. The first-order valence-electron chi connectivity index (χ1n) is 7.54. The third-order valence-electron chi connectivity index (χ3n) is 3.74. The van der Waals surface area contributed by atoms with Gasteiger partial charge in [-0.3, -0.25) is 9.59 Å². The van der Waals surface area contributed by atoms with Gasteiger partial charge in [0, 0.05) is 23.2 Å². The predicted molar refractivity (Wildman–Crippen MR) is 88.6 cm³/mol. The number of ether oxygens (including phenoxy) is 1. The van der Waals surface area contributed by atoms with Crippen LogP contribution in [0, 0.1) is 5.92 Å². The fraction of sp³-hybridized carbons (Fsp3) is 0.500. The van der Waals surface area contributed by atoms with Gasteiger partial charge in [0.15, 0.2) is 0 Å². The zero-order valence-corrected chi connectivity index (χ0v) is 14.3. The summed E-state index contributed by atoms with van der Waals surface area (Å²) in [5, 5.41) is 3.12. The number of hydrogen-bond acceptors (Lipinski definition) is 4. The minimum Gasteiger partial charge on any atom is -0.466 e. The maximum absolute atomic E-state index is 12.2. The molecule has 0 unspecified atom stereocenters. The second kappa shape index (κ2) is 8.17. The molecule has 1 aliphatic rings. The summed E-state index contributed by atoms with van der Waals surface area (Å²) in [4.78, 5) is 25.7. The summed E-state index contributed by atoms with van der Waals surface area (Å²) < 4.78 is 6.01. The van der Waals surface area contributed by atoms with Crippen molar-refractivity contribution in [2.24, 2.45) is 5.92 Å². The molecule has 120 valence electrons. The summed E-state index contributed by atoms with van der Waals surface area (Å²) in [5.41, 5.74) is 0.907. The lowest BCUT2D eigenvalue weighted by atomic mass is 9.97. The van der Waals surface area contributed by atoms with Crippen LogP contribution < -0.4 is 5.32 Å². The number of halogens is 1. The van der Waals surface area contributed by atoms with Gasteiger partial charge in [-0.1, -0.05) is 22.0 Å². The monoisotopic (exact) mass is 368 g/mol. The predicted octanol–water partition coefficient (Wildman–Crippen LogP) is 2.66. The number of amides is 1. The van der Waals surface area contributed by atoms with Crippen molar-refractivity contribution >= 4 is 33.5 Å². The van der Waals surface area contributed by atoms with Crippen molar-refractivity contribution in [2.45, 2.75) is 19.8 Å². The maximum atomic E-state index is 12.2. The number of benzene rings is 1. The smallest absolute Gasteiger partial charge is 0.309 e. The fourth-order valence-electron chi connectivity index (χ4n) is 2.51.